The highest BCUT2D eigenvalue weighted by molar-refractivity contribution is 7.15. The Hall–Kier alpha value is -1.86. The Balaban J connectivity index is 1.31. The molecule has 0 radical (unpaired) electrons. The molecule has 1 aliphatic carbocycles. The summed E-state index contributed by atoms with van der Waals surface area (Å²) in [5.41, 5.74) is 1.11. The number of likely N-dealkylation sites (tertiary alicyclic amines) is 1. The van der Waals surface area contributed by atoms with Crippen LogP contribution in [0.2, 0.25) is 0 Å². The number of nitrogens with one attached hydrogen (secondary N) is 1. The van der Waals surface area contributed by atoms with E-state index in [9.17, 15) is 4.79 Å². The molecule has 4 rings (SSSR count). The Morgan fingerprint density at radius 2 is 2.16 bits per heavy atom. The SMILES string of the molecule is O=C(CCN1CCCC[C@@H]1c1ccccn1)Nc1nnc(C2CC2)s1. The van der Waals surface area contributed by atoms with Crippen LogP contribution in [0.1, 0.15) is 61.2 Å². The van der Waals surface area contributed by atoms with Crippen LogP contribution in [0.5, 0.6) is 0 Å². The van der Waals surface area contributed by atoms with Gasteiger partial charge in [-0.05, 0) is 44.4 Å². The first kappa shape index (κ1) is 16.6. The van der Waals surface area contributed by atoms with Gasteiger partial charge >= 0.3 is 0 Å². The van der Waals surface area contributed by atoms with Crippen molar-refractivity contribution < 1.29 is 4.79 Å². The summed E-state index contributed by atoms with van der Waals surface area (Å²) in [4.78, 5) is 19.2. The van der Waals surface area contributed by atoms with Crippen LogP contribution in [0.4, 0.5) is 5.13 Å². The molecule has 1 amide bonds. The Labute approximate surface area is 151 Å². The second kappa shape index (κ2) is 7.58. The van der Waals surface area contributed by atoms with Gasteiger partial charge in [-0.15, -0.1) is 10.2 Å². The molecule has 132 valence electrons. The van der Waals surface area contributed by atoms with Crippen LogP contribution >= 0.6 is 11.3 Å². The first-order chi connectivity index (χ1) is 12.3. The Bertz CT molecular complexity index is 715. The van der Waals surface area contributed by atoms with Crippen molar-refractivity contribution in [3.63, 3.8) is 0 Å². The summed E-state index contributed by atoms with van der Waals surface area (Å²) >= 11 is 1.51. The molecule has 0 bridgehead atoms. The van der Waals surface area contributed by atoms with Gasteiger partial charge < -0.3 is 5.32 Å². The Kier molecular flexibility index (Phi) is 5.03. The molecule has 0 spiro atoms. The van der Waals surface area contributed by atoms with Crippen LogP contribution in [0.3, 0.4) is 0 Å². The van der Waals surface area contributed by atoms with E-state index in [0.717, 1.165) is 30.2 Å². The second-order valence-corrected chi connectivity index (χ2v) is 7.83. The smallest absolute Gasteiger partial charge is 0.227 e. The normalized spacial score (nSPS) is 21.2. The van der Waals surface area contributed by atoms with Gasteiger partial charge in [-0.1, -0.05) is 23.8 Å². The number of pyridine rings is 1. The van der Waals surface area contributed by atoms with E-state index in [1.807, 2.05) is 18.3 Å². The number of carbonyl (C=O) groups is 1. The highest BCUT2D eigenvalue weighted by Crippen LogP contribution is 2.42. The first-order valence-corrected chi connectivity index (χ1v) is 9.89. The van der Waals surface area contributed by atoms with E-state index in [-0.39, 0.29) is 5.91 Å². The van der Waals surface area contributed by atoms with Gasteiger partial charge in [-0.2, -0.15) is 0 Å². The van der Waals surface area contributed by atoms with Crippen molar-refractivity contribution in [2.75, 3.05) is 18.4 Å². The van der Waals surface area contributed by atoms with Crippen molar-refractivity contribution >= 4 is 22.4 Å². The van der Waals surface area contributed by atoms with Gasteiger partial charge in [0.15, 0.2) is 0 Å². The van der Waals surface area contributed by atoms with E-state index in [1.54, 1.807) is 0 Å². The van der Waals surface area contributed by atoms with Crippen LogP contribution < -0.4 is 5.32 Å². The average molecular weight is 357 g/mol. The molecule has 6 nitrogen and oxygen atoms in total. The van der Waals surface area contributed by atoms with Crippen LogP contribution in [-0.2, 0) is 4.79 Å². The molecule has 2 fully saturated rings. The molecule has 1 saturated heterocycles. The highest BCUT2D eigenvalue weighted by atomic mass is 32.1. The fraction of sp³-hybridized carbons (Fsp3) is 0.556. The summed E-state index contributed by atoms with van der Waals surface area (Å²) in [5, 5.41) is 12.8. The zero-order valence-electron chi connectivity index (χ0n) is 14.2. The van der Waals surface area contributed by atoms with Crippen molar-refractivity contribution in [1.29, 1.82) is 0 Å². The van der Waals surface area contributed by atoms with E-state index in [4.69, 9.17) is 0 Å². The number of rotatable bonds is 6. The average Bonchev–Trinajstić information content (AvgIpc) is 3.41. The van der Waals surface area contributed by atoms with Crippen molar-refractivity contribution in [3.05, 3.63) is 35.1 Å². The number of hydrogen-bond donors (Lipinski definition) is 1. The standard InChI is InChI=1S/C18H23N5OS/c24-16(20-18-22-21-17(25-18)13-7-8-13)9-12-23-11-4-2-6-15(23)14-5-1-3-10-19-14/h1,3,5,10,13,15H,2,4,6-9,11-12H2,(H,20,22,24)/t15-/m1/s1. The van der Waals surface area contributed by atoms with Crippen LogP contribution in [0, 0.1) is 0 Å². The molecule has 1 atom stereocenters. The molecule has 0 unspecified atom stereocenters. The quantitative estimate of drug-likeness (QED) is 0.858. The fourth-order valence-electron chi connectivity index (χ4n) is 3.37. The minimum Gasteiger partial charge on any atom is -0.300 e. The first-order valence-electron chi connectivity index (χ1n) is 9.08. The lowest BCUT2D eigenvalue weighted by Gasteiger charge is -2.35. The maximum absolute atomic E-state index is 12.3. The predicted molar refractivity (Wildman–Crippen MR) is 97.5 cm³/mol. The van der Waals surface area contributed by atoms with Crippen molar-refractivity contribution in [2.45, 2.75) is 50.5 Å². The second-order valence-electron chi connectivity index (χ2n) is 6.82. The van der Waals surface area contributed by atoms with Gasteiger partial charge in [-0.3, -0.25) is 14.7 Å². The lowest BCUT2D eigenvalue weighted by atomic mass is 9.98. The maximum atomic E-state index is 12.3. The summed E-state index contributed by atoms with van der Waals surface area (Å²) in [6.45, 7) is 1.78. The Morgan fingerprint density at radius 1 is 1.24 bits per heavy atom. The summed E-state index contributed by atoms with van der Waals surface area (Å²) in [5.74, 6) is 0.597. The minimum absolute atomic E-state index is 0.0174. The van der Waals surface area contributed by atoms with Crippen LogP contribution in [0.15, 0.2) is 24.4 Å². The lowest BCUT2D eigenvalue weighted by Crippen LogP contribution is -2.36. The van der Waals surface area contributed by atoms with Gasteiger partial charge in [0.05, 0.1) is 11.7 Å². The van der Waals surface area contributed by atoms with Crippen LogP contribution in [-0.4, -0.2) is 39.1 Å². The molecule has 1 saturated carbocycles. The summed E-state index contributed by atoms with van der Waals surface area (Å²) in [6.07, 6.45) is 8.24. The third kappa shape index (κ3) is 4.22. The van der Waals surface area contributed by atoms with Crippen LogP contribution in [0.25, 0.3) is 0 Å². The zero-order chi connectivity index (χ0) is 17.1. The predicted octanol–water partition coefficient (Wildman–Crippen LogP) is 3.37. The third-order valence-electron chi connectivity index (χ3n) is 4.88. The maximum Gasteiger partial charge on any atom is 0.227 e. The largest absolute Gasteiger partial charge is 0.300 e. The zero-order valence-corrected chi connectivity index (χ0v) is 15.0. The number of carbonyl (C=O) groups excluding carboxylic acids is 1. The number of piperidine rings is 1. The Morgan fingerprint density at radius 3 is 2.96 bits per heavy atom. The molecule has 2 aliphatic rings. The van der Waals surface area contributed by atoms with Gasteiger partial charge in [0, 0.05) is 25.1 Å². The molecule has 25 heavy (non-hydrogen) atoms. The van der Waals surface area contributed by atoms with Crippen molar-refractivity contribution in [1.82, 2.24) is 20.1 Å². The molecular weight excluding hydrogens is 334 g/mol. The van der Waals surface area contributed by atoms with E-state index in [0.29, 0.717) is 23.5 Å². The topological polar surface area (TPSA) is 71.0 Å². The fourth-order valence-corrected chi connectivity index (χ4v) is 4.30. The molecule has 1 N–H and O–H groups in total. The number of amides is 1. The van der Waals surface area contributed by atoms with E-state index in [1.165, 1.54) is 37.0 Å². The molecule has 3 heterocycles. The molecule has 2 aromatic heterocycles. The van der Waals surface area contributed by atoms with E-state index in [2.05, 4.69) is 31.5 Å². The highest BCUT2D eigenvalue weighted by Gasteiger charge is 2.28. The summed E-state index contributed by atoms with van der Waals surface area (Å²) in [7, 11) is 0. The lowest BCUT2D eigenvalue weighted by molar-refractivity contribution is -0.116. The number of aromatic nitrogens is 3. The minimum atomic E-state index is 0.0174. The molecule has 0 aromatic carbocycles. The molecular formula is C18H23N5OS. The monoisotopic (exact) mass is 357 g/mol. The number of anilines is 1. The van der Waals surface area contributed by atoms with Gasteiger partial charge in [0.25, 0.3) is 0 Å². The summed E-state index contributed by atoms with van der Waals surface area (Å²) in [6, 6.07) is 6.39. The van der Waals surface area contributed by atoms with E-state index < -0.39 is 0 Å². The van der Waals surface area contributed by atoms with Gasteiger partial charge in [0.2, 0.25) is 11.0 Å². The number of nitrogens with zero attached hydrogens (tertiary/aromatic N) is 4. The molecule has 1 aliphatic heterocycles. The molecule has 2 aromatic rings. The van der Waals surface area contributed by atoms with E-state index >= 15 is 0 Å². The molecule has 7 heteroatoms. The summed E-state index contributed by atoms with van der Waals surface area (Å²) < 4.78 is 0. The van der Waals surface area contributed by atoms with Gasteiger partial charge in [0.1, 0.15) is 5.01 Å². The van der Waals surface area contributed by atoms with Gasteiger partial charge in [-0.25, -0.2) is 0 Å². The third-order valence-corrected chi connectivity index (χ3v) is 5.88. The number of hydrogen-bond acceptors (Lipinski definition) is 6. The van der Waals surface area contributed by atoms with Crippen molar-refractivity contribution in [3.8, 4) is 0 Å². The van der Waals surface area contributed by atoms with Crippen molar-refractivity contribution in [2.24, 2.45) is 0 Å².